The number of pyridine rings is 1. The number of aryl methyl sites for hydroxylation is 1. The van der Waals surface area contributed by atoms with Gasteiger partial charge in [-0.15, -0.1) is 11.3 Å². The molecule has 0 aliphatic carbocycles. The van der Waals surface area contributed by atoms with Gasteiger partial charge in [-0.3, -0.25) is 20.2 Å². The Morgan fingerprint density at radius 1 is 1.24 bits per heavy atom. The van der Waals surface area contributed by atoms with E-state index in [1.807, 2.05) is 17.2 Å². The number of barbiturate groups is 1. The van der Waals surface area contributed by atoms with Crippen LogP contribution in [0.1, 0.15) is 18.3 Å². The van der Waals surface area contributed by atoms with E-state index in [2.05, 4.69) is 20.8 Å². The number of rotatable bonds is 1. The van der Waals surface area contributed by atoms with Gasteiger partial charge in [-0.25, -0.2) is 14.8 Å². The number of aromatic nitrogens is 3. The van der Waals surface area contributed by atoms with E-state index < -0.39 is 35.4 Å². The normalized spacial score (nSPS) is 24.0. The van der Waals surface area contributed by atoms with Gasteiger partial charge in [0.25, 0.3) is 0 Å². The second-order valence-corrected chi connectivity index (χ2v) is 9.56. The molecule has 0 unspecified atom stereocenters. The fraction of sp³-hybridized carbons (Fsp3) is 0.400. The Kier molecular flexibility index (Phi) is 4.32. The number of urea groups is 1. The van der Waals surface area contributed by atoms with Gasteiger partial charge < -0.3 is 14.2 Å². The van der Waals surface area contributed by atoms with Crippen molar-refractivity contribution < 1.29 is 23.6 Å². The molecule has 2 fully saturated rings. The summed E-state index contributed by atoms with van der Waals surface area (Å²) in [7, 11) is 0. The van der Waals surface area contributed by atoms with Gasteiger partial charge in [0, 0.05) is 24.0 Å². The van der Waals surface area contributed by atoms with Crippen molar-refractivity contribution >= 4 is 57.6 Å². The number of morpholine rings is 1. The van der Waals surface area contributed by atoms with Crippen molar-refractivity contribution in [2.24, 2.45) is 5.41 Å². The molecule has 1 spiro atoms. The first kappa shape index (κ1) is 20.5. The molecule has 3 aromatic heterocycles. The maximum absolute atomic E-state index is 13.2. The largest absolute Gasteiger partial charge is 0.374 e. The van der Waals surface area contributed by atoms with Gasteiger partial charge in [0.05, 0.1) is 30.1 Å². The highest BCUT2D eigenvalue weighted by Crippen LogP contribution is 2.50. The number of ether oxygens (including phenoxy) is 1. The molecule has 2 saturated heterocycles. The zero-order chi connectivity index (χ0) is 23.1. The average molecular weight is 489 g/mol. The van der Waals surface area contributed by atoms with Crippen LogP contribution in [0, 0.1) is 12.3 Å². The minimum atomic E-state index is -1.63. The molecule has 2 N–H and O–H groups in total. The molecule has 6 rings (SSSR count). The summed E-state index contributed by atoms with van der Waals surface area (Å²) in [5, 5.41) is 11.5. The summed E-state index contributed by atoms with van der Waals surface area (Å²) in [5.41, 5.74) is 1.36. The van der Waals surface area contributed by atoms with Crippen molar-refractivity contribution in [3.63, 3.8) is 0 Å². The van der Waals surface area contributed by atoms with Crippen molar-refractivity contribution in [2.75, 3.05) is 18.1 Å². The van der Waals surface area contributed by atoms with E-state index in [9.17, 15) is 14.4 Å². The van der Waals surface area contributed by atoms with Crippen molar-refractivity contribution in [3.8, 4) is 10.7 Å². The molecule has 0 saturated carbocycles. The quantitative estimate of drug-likeness (QED) is 0.490. The van der Waals surface area contributed by atoms with Crippen LogP contribution in [-0.4, -0.2) is 58.3 Å². The molecule has 3 aliphatic heterocycles. The minimum Gasteiger partial charge on any atom is -0.374 e. The highest BCUT2D eigenvalue weighted by atomic mass is 35.5. The molecule has 170 valence electrons. The topological polar surface area (TPSA) is 140 Å². The smallest absolute Gasteiger partial charge is 0.328 e. The molecule has 0 bridgehead atoms. The van der Waals surface area contributed by atoms with E-state index in [0.717, 1.165) is 5.69 Å². The lowest BCUT2D eigenvalue weighted by Gasteiger charge is -2.53. The third-order valence-electron chi connectivity index (χ3n) is 6.41. The Bertz CT molecular complexity index is 1350. The van der Waals surface area contributed by atoms with Crippen LogP contribution in [0.3, 0.4) is 0 Å². The standard InChI is InChI=1S/C20H17ClN6O5S/c1-7-6-33-16(22-7)12-11-14(32-26-12)10(21)13-9(23-11)5-20(15-8(2)31-4-3-27(13)15)17(28)24-19(30)25-18(20)29/h6,8,15H,3-5H2,1-2H3,(H2,24,25,28,29,30)/t8-,15+/m0/s1. The predicted octanol–water partition coefficient (Wildman–Crippen LogP) is 1.81. The molecule has 11 nitrogen and oxygen atoms in total. The number of thiazole rings is 1. The number of nitrogens with zero attached hydrogens (tertiary/aromatic N) is 4. The summed E-state index contributed by atoms with van der Waals surface area (Å²) in [5.74, 6) is -1.37. The van der Waals surface area contributed by atoms with E-state index in [-0.39, 0.29) is 6.42 Å². The zero-order valence-electron chi connectivity index (χ0n) is 17.5. The Balaban J connectivity index is 1.60. The number of hydrogen-bond donors (Lipinski definition) is 2. The molecule has 33 heavy (non-hydrogen) atoms. The number of hydrogen-bond acceptors (Lipinski definition) is 10. The van der Waals surface area contributed by atoms with Crippen LogP contribution in [0.2, 0.25) is 5.02 Å². The number of halogens is 1. The SMILES string of the molecule is Cc1csc(-c2noc3c(Cl)c4c(nc23)CC2(C(=O)NC(=O)NC2=O)[C@H]2[C@H](C)OCCN42)n1. The maximum Gasteiger partial charge on any atom is 0.328 e. The lowest BCUT2D eigenvalue weighted by Crippen LogP contribution is -2.74. The predicted molar refractivity (Wildman–Crippen MR) is 117 cm³/mol. The Morgan fingerprint density at radius 2 is 2.00 bits per heavy atom. The van der Waals surface area contributed by atoms with Gasteiger partial charge in [0.15, 0.2) is 11.1 Å². The summed E-state index contributed by atoms with van der Waals surface area (Å²) in [6.45, 7) is 4.40. The van der Waals surface area contributed by atoms with Gasteiger partial charge in [0.2, 0.25) is 17.4 Å². The molecule has 4 amide bonds. The molecule has 3 aromatic rings. The van der Waals surface area contributed by atoms with Gasteiger partial charge in [0.1, 0.15) is 15.5 Å². The van der Waals surface area contributed by atoms with Gasteiger partial charge in [-0.1, -0.05) is 16.8 Å². The summed E-state index contributed by atoms with van der Waals surface area (Å²) in [6, 6.07) is -1.55. The number of amides is 4. The van der Waals surface area contributed by atoms with E-state index >= 15 is 0 Å². The lowest BCUT2D eigenvalue weighted by atomic mass is 9.68. The first-order chi connectivity index (χ1) is 15.8. The summed E-state index contributed by atoms with van der Waals surface area (Å²) in [4.78, 5) is 49.4. The summed E-state index contributed by atoms with van der Waals surface area (Å²) >= 11 is 8.23. The van der Waals surface area contributed by atoms with Crippen LogP contribution in [0.25, 0.3) is 21.8 Å². The Morgan fingerprint density at radius 3 is 2.70 bits per heavy atom. The molecule has 2 atom stereocenters. The van der Waals surface area contributed by atoms with Gasteiger partial charge in [-0.2, -0.15) is 0 Å². The monoisotopic (exact) mass is 488 g/mol. The van der Waals surface area contributed by atoms with Crippen LogP contribution in [0.15, 0.2) is 9.90 Å². The van der Waals surface area contributed by atoms with Crippen molar-refractivity contribution in [3.05, 3.63) is 21.8 Å². The van der Waals surface area contributed by atoms with E-state index in [1.165, 1.54) is 11.3 Å². The van der Waals surface area contributed by atoms with Crippen LogP contribution in [-0.2, 0) is 20.7 Å². The molecular weight excluding hydrogens is 472 g/mol. The third kappa shape index (κ3) is 2.71. The van der Waals surface area contributed by atoms with Crippen molar-refractivity contribution in [1.82, 2.24) is 25.8 Å². The summed E-state index contributed by atoms with van der Waals surface area (Å²) < 4.78 is 11.4. The number of fused-ring (bicyclic) bond motifs is 5. The molecule has 6 heterocycles. The lowest BCUT2D eigenvalue weighted by molar-refractivity contribution is -0.151. The van der Waals surface area contributed by atoms with Gasteiger partial charge in [-0.05, 0) is 13.8 Å². The number of carbonyl (C=O) groups excluding carboxylic acids is 3. The first-order valence-electron chi connectivity index (χ1n) is 10.3. The van der Waals surface area contributed by atoms with E-state index in [4.69, 9.17) is 25.8 Å². The molecule has 0 aromatic carbocycles. The number of anilines is 1. The van der Waals surface area contributed by atoms with E-state index in [1.54, 1.807) is 6.92 Å². The number of carbonyl (C=O) groups is 3. The second kappa shape index (κ2) is 6.95. The first-order valence-corrected chi connectivity index (χ1v) is 11.5. The van der Waals surface area contributed by atoms with Gasteiger partial charge >= 0.3 is 6.03 Å². The number of imide groups is 2. The summed E-state index contributed by atoms with van der Waals surface area (Å²) in [6.07, 6.45) is -0.564. The maximum atomic E-state index is 13.2. The molecular formula is C20H17ClN6O5S. The highest BCUT2D eigenvalue weighted by Gasteiger charge is 2.63. The van der Waals surface area contributed by atoms with E-state index in [0.29, 0.717) is 51.4 Å². The van der Waals surface area contributed by atoms with Crippen LogP contribution in [0.4, 0.5) is 10.5 Å². The van der Waals surface area contributed by atoms with Crippen LogP contribution < -0.4 is 15.5 Å². The third-order valence-corrected chi connectivity index (χ3v) is 7.73. The van der Waals surface area contributed by atoms with Crippen LogP contribution >= 0.6 is 22.9 Å². The van der Waals surface area contributed by atoms with Crippen molar-refractivity contribution in [2.45, 2.75) is 32.4 Å². The number of nitrogens with one attached hydrogen (secondary N) is 2. The highest BCUT2D eigenvalue weighted by molar-refractivity contribution is 7.13. The Hall–Kier alpha value is -3.09. The zero-order valence-corrected chi connectivity index (χ0v) is 19.0. The fourth-order valence-electron chi connectivity index (χ4n) is 5.07. The average Bonchev–Trinajstić information content (AvgIpc) is 3.38. The van der Waals surface area contributed by atoms with Crippen molar-refractivity contribution in [1.29, 1.82) is 0 Å². The molecule has 3 aliphatic rings. The molecule has 0 radical (unpaired) electrons. The minimum absolute atomic E-state index is 0.0701. The molecule has 13 heteroatoms. The van der Waals surface area contributed by atoms with Crippen LogP contribution in [0.5, 0.6) is 0 Å². The second-order valence-electron chi connectivity index (χ2n) is 8.32. The fourth-order valence-corrected chi connectivity index (χ4v) is 6.19. The Labute approximate surface area is 195 Å².